The minimum absolute atomic E-state index is 0.000498. The number of rotatable bonds is 10. The Morgan fingerprint density at radius 3 is 2.29 bits per heavy atom. The van der Waals surface area contributed by atoms with E-state index < -0.39 is 42.1 Å². The van der Waals surface area contributed by atoms with Crippen molar-refractivity contribution < 1.29 is 23.5 Å². The van der Waals surface area contributed by atoms with Crippen LogP contribution in [0.4, 0.5) is 5.95 Å². The van der Waals surface area contributed by atoms with Crippen LogP contribution in [0.1, 0.15) is 61.6 Å². The SMILES string of the molecule is CC(C)[Si](OC1C(O)[C@H](n2cnc3c(Cl)nc(N)nc32)O[C@@H]1CO[Si](O)(C(C)C)C(C)C)C(C)C. The van der Waals surface area contributed by atoms with Gasteiger partial charge in [-0.15, -0.1) is 0 Å². The van der Waals surface area contributed by atoms with E-state index >= 15 is 0 Å². The van der Waals surface area contributed by atoms with Gasteiger partial charge in [-0.2, -0.15) is 9.97 Å². The molecule has 1 radical (unpaired) electrons. The second-order valence-corrected chi connectivity index (χ2v) is 18.2. The zero-order chi connectivity index (χ0) is 26.2. The third-order valence-corrected chi connectivity index (χ3v) is 13.5. The number of ether oxygens (including phenoxy) is 1. The van der Waals surface area contributed by atoms with E-state index in [4.69, 9.17) is 30.9 Å². The van der Waals surface area contributed by atoms with Crippen molar-refractivity contribution in [1.82, 2.24) is 19.5 Å². The quantitative estimate of drug-likeness (QED) is 0.301. The molecule has 3 heterocycles. The zero-order valence-corrected chi connectivity index (χ0v) is 24.5. The lowest BCUT2D eigenvalue weighted by Crippen LogP contribution is -2.49. The Kier molecular flexibility index (Phi) is 9.01. The van der Waals surface area contributed by atoms with E-state index in [-0.39, 0.29) is 28.8 Å². The Labute approximate surface area is 215 Å². The molecule has 1 saturated heterocycles. The van der Waals surface area contributed by atoms with Gasteiger partial charge in [-0.25, -0.2) is 4.98 Å². The van der Waals surface area contributed by atoms with Crippen LogP contribution in [0, 0.1) is 0 Å². The summed E-state index contributed by atoms with van der Waals surface area (Å²) in [4.78, 5) is 23.8. The van der Waals surface area contributed by atoms with Crippen molar-refractivity contribution in [3.63, 3.8) is 0 Å². The molecule has 10 nitrogen and oxygen atoms in total. The van der Waals surface area contributed by atoms with Crippen molar-refractivity contribution in [1.29, 1.82) is 0 Å². The molecule has 197 valence electrons. The summed E-state index contributed by atoms with van der Waals surface area (Å²) in [7, 11) is -4.33. The first-order valence-electron chi connectivity index (χ1n) is 12.2. The smallest absolute Gasteiger partial charge is 0.340 e. The van der Waals surface area contributed by atoms with Crippen LogP contribution in [0.5, 0.6) is 0 Å². The highest BCUT2D eigenvalue weighted by molar-refractivity contribution is 6.68. The molecule has 0 bridgehead atoms. The van der Waals surface area contributed by atoms with E-state index in [1.165, 1.54) is 6.33 Å². The molecule has 4 N–H and O–H groups in total. The highest BCUT2D eigenvalue weighted by Gasteiger charge is 2.50. The van der Waals surface area contributed by atoms with Crippen molar-refractivity contribution in [2.75, 3.05) is 12.3 Å². The molecule has 2 aromatic heterocycles. The molecule has 0 saturated carbocycles. The molecule has 4 atom stereocenters. The summed E-state index contributed by atoms with van der Waals surface area (Å²) in [5.41, 5.74) is 7.18. The number of aliphatic hydroxyl groups excluding tert-OH is 1. The fourth-order valence-electron chi connectivity index (χ4n) is 4.62. The molecule has 1 aliphatic heterocycles. The molecule has 0 amide bonds. The maximum atomic E-state index is 11.5. The first-order valence-corrected chi connectivity index (χ1v) is 16.1. The van der Waals surface area contributed by atoms with E-state index in [1.54, 1.807) is 4.57 Å². The predicted octanol–water partition coefficient (Wildman–Crippen LogP) is 3.79. The van der Waals surface area contributed by atoms with Crippen LogP contribution >= 0.6 is 11.6 Å². The Bertz CT molecular complexity index is 992. The lowest BCUT2D eigenvalue weighted by Gasteiger charge is -2.35. The van der Waals surface area contributed by atoms with Gasteiger partial charge < -0.3 is 29.2 Å². The van der Waals surface area contributed by atoms with Gasteiger partial charge in [0.15, 0.2) is 17.0 Å². The molecular formula is C22H39ClN5O5Si2. The standard InChI is InChI=1S/C22H39ClN5O5Si2/c1-11(2)34(12(3)4)33-18-15(9-31-35(30,13(5)6)14(7)8)32-21(17(18)29)28-10-25-16-19(23)26-22(24)27-20(16)28/h10-15,17-18,21,29-30H,9H2,1-8H3,(H2,24,26,27)/t15-,17?,18?,21-/m1/s1. The number of aliphatic hydroxyl groups is 1. The number of anilines is 1. The second kappa shape index (κ2) is 11.1. The Morgan fingerprint density at radius 1 is 1.14 bits per heavy atom. The van der Waals surface area contributed by atoms with Crippen LogP contribution in [0.2, 0.25) is 27.3 Å². The largest absolute Gasteiger partial charge is 0.410 e. The summed E-state index contributed by atoms with van der Waals surface area (Å²) in [6, 6.07) is 0. The summed E-state index contributed by atoms with van der Waals surface area (Å²) in [5, 5.41) is 11.6. The average molecular weight is 545 g/mol. The number of aromatic nitrogens is 4. The summed E-state index contributed by atoms with van der Waals surface area (Å²) in [6.07, 6.45) is -1.62. The lowest BCUT2D eigenvalue weighted by atomic mass is 10.1. The summed E-state index contributed by atoms with van der Waals surface area (Å²) < 4.78 is 20.7. The maximum absolute atomic E-state index is 11.5. The van der Waals surface area contributed by atoms with Gasteiger partial charge in [-0.3, -0.25) is 4.57 Å². The number of nitrogens with two attached hydrogens (primary N) is 1. The van der Waals surface area contributed by atoms with Gasteiger partial charge in [0.2, 0.25) is 15.0 Å². The molecule has 0 spiro atoms. The van der Waals surface area contributed by atoms with Gasteiger partial charge in [0.05, 0.1) is 12.9 Å². The molecule has 3 rings (SSSR count). The maximum Gasteiger partial charge on any atom is 0.340 e. The lowest BCUT2D eigenvalue weighted by molar-refractivity contribution is -0.0512. The minimum atomic E-state index is -3.04. The zero-order valence-electron chi connectivity index (χ0n) is 21.8. The van der Waals surface area contributed by atoms with E-state index in [1.807, 2.05) is 27.7 Å². The Balaban J connectivity index is 1.96. The highest BCUT2D eigenvalue weighted by atomic mass is 35.5. The van der Waals surface area contributed by atoms with Crippen LogP contribution in [-0.2, 0) is 13.6 Å². The van der Waals surface area contributed by atoms with Crippen LogP contribution in [0.15, 0.2) is 6.33 Å². The number of fused-ring (bicyclic) bond motifs is 1. The van der Waals surface area contributed by atoms with Crippen LogP contribution in [-0.4, -0.2) is 71.9 Å². The Morgan fingerprint density at radius 2 is 1.74 bits per heavy atom. The Hall–Kier alpha value is -1.13. The minimum Gasteiger partial charge on any atom is -0.410 e. The normalized spacial score (nSPS) is 23.8. The highest BCUT2D eigenvalue weighted by Crippen LogP contribution is 2.38. The number of imidazole rings is 1. The number of halogens is 1. The number of hydrogen-bond donors (Lipinski definition) is 3. The molecular weight excluding hydrogens is 506 g/mol. The average Bonchev–Trinajstić information content (AvgIpc) is 3.30. The first-order chi connectivity index (χ1) is 16.3. The van der Waals surface area contributed by atoms with Crippen molar-refractivity contribution in [2.24, 2.45) is 0 Å². The van der Waals surface area contributed by atoms with Crippen molar-refractivity contribution in [2.45, 2.75) is 102 Å². The monoisotopic (exact) mass is 544 g/mol. The summed E-state index contributed by atoms with van der Waals surface area (Å²) in [5.74, 6) is -0.000498. The van der Waals surface area contributed by atoms with Crippen molar-refractivity contribution >= 4 is 46.3 Å². The molecule has 1 fully saturated rings. The molecule has 0 aromatic carbocycles. The van der Waals surface area contributed by atoms with Gasteiger partial charge in [-0.1, -0.05) is 67.0 Å². The van der Waals surface area contributed by atoms with Crippen molar-refractivity contribution in [3.05, 3.63) is 11.5 Å². The van der Waals surface area contributed by atoms with Crippen LogP contribution in [0.25, 0.3) is 11.2 Å². The van der Waals surface area contributed by atoms with Gasteiger partial charge in [0, 0.05) is 0 Å². The molecule has 1 aliphatic rings. The van der Waals surface area contributed by atoms with Gasteiger partial charge in [0.25, 0.3) is 0 Å². The van der Waals surface area contributed by atoms with Crippen LogP contribution < -0.4 is 5.73 Å². The number of nitrogens with zero attached hydrogens (tertiary/aromatic N) is 4. The molecule has 2 aromatic rings. The fraction of sp³-hybridized carbons (Fsp3) is 0.773. The van der Waals surface area contributed by atoms with Crippen LogP contribution in [0.3, 0.4) is 0 Å². The molecule has 35 heavy (non-hydrogen) atoms. The predicted molar refractivity (Wildman–Crippen MR) is 140 cm³/mol. The first kappa shape index (κ1) is 28.4. The van der Waals surface area contributed by atoms with Gasteiger partial charge in [-0.05, 0) is 22.2 Å². The number of nitrogen functional groups attached to an aromatic ring is 1. The van der Waals surface area contributed by atoms with E-state index in [0.717, 1.165) is 0 Å². The molecule has 2 unspecified atom stereocenters. The van der Waals surface area contributed by atoms with Gasteiger partial charge >= 0.3 is 8.56 Å². The third kappa shape index (κ3) is 5.74. The molecule has 0 aliphatic carbocycles. The fourth-order valence-corrected chi connectivity index (χ4v) is 9.76. The van der Waals surface area contributed by atoms with Crippen molar-refractivity contribution in [3.8, 4) is 0 Å². The summed E-state index contributed by atoms with van der Waals surface area (Å²) in [6.45, 7) is 16.5. The number of hydrogen-bond acceptors (Lipinski definition) is 9. The van der Waals surface area contributed by atoms with E-state index in [9.17, 15) is 9.90 Å². The van der Waals surface area contributed by atoms with Gasteiger partial charge in [0.1, 0.15) is 23.8 Å². The molecule has 13 heteroatoms. The van der Waals surface area contributed by atoms with E-state index in [0.29, 0.717) is 22.2 Å². The summed E-state index contributed by atoms with van der Waals surface area (Å²) >= 11 is 6.20. The third-order valence-electron chi connectivity index (χ3n) is 6.52. The second-order valence-electron chi connectivity index (χ2n) is 10.4. The van der Waals surface area contributed by atoms with E-state index in [2.05, 4.69) is 42.6 Å². The topological polar surface area (TPSA) is 138 Å².